The molecule has 0 unspecified atom stereocenters. The predicted octanol–water partition coefficient (Wildman–Crippen LogP) is 3.11. The number of aromatic nitrogens is 2. The summed E-state index contributed by atoms with van der Waals surface area (Å²) in [7, 11) is 1.95. The third-order valence-electron chi connectivity index (χ3n) is 4.80. The summed E-state index contributed by atoms with van der Waals surface area (Å²) in [5.74, 6) is 0.950. The van der Waals surface area contributed by atoms with E-state index in [4.69, 9.17) is 4.99 Å². The number of nitrogens with one attached hydrogen (secondary N) is 2. The first-order valence-electron chi connectivity index (χ1n) is 8.67. The Morgan fingerprint density at radius 3 is 2.61 bits per heavy atom. The van der Waals surface area contributed by atoms with Gasteiger partial charge in [0.25, 0.3) is 0 Å². The van der Waals surface area contributed by atoms with E-state index in [2.05, 4.69) is 35.8 Å². The number of rotatable bonds is 7. The van der Waals surface area contributed by atoms with Crippen LogP contribution in [0.15, 0.2) is 17.4 Å². The largest absolute Gasteiger partial charge is 0.357 e. The van der Waals surface area contributed by atoms with E-state index in [1.807, 2.05) is 17.9 Å². The molecule has 0 aliphatic heterocycles. The first kappa shape index (κ1) is 20.3. The summed E-state index contributed by atoms with van der Waals surface area (Å²) in [6.07, 6.45) is 11.6. The smallest absolute Gasteiger partial charge is 0.191 e. The van der Waals surface area contributed by atoms with Crippen LogP contribution in [0.3, 0.4) is 0 Å². The van der Waals surface area contributed by atoms with E-state index in [1.54, 1.807) is 0 Å². The minimum Gasteiger partial charge on any atom is -0.357 e. The third kappa shape index (κ3) is 6.31. The third-order valence-corrected chi connectivity index (χ3v) is 4.80. The van der Waals surface area contributed by atoms with E-state index in [9.17, 15) is 0 Å². The van der Waals surface area contributed by atoms with Crippen molar-refractivity contribution in [2.24, 2.45) is 17.5 Å². The summed E-state index contributed by atoms with van der Waals surface area (Å²) in [5, 5.41) is 11.0. The van der Waals surface area contributed by atoms with Gasteiger partial charge in [0.05, 0.1) is 6.20 Å². The molecule has 1 heterocycles. The number of halogens is 1. The molecule has 0 amide bonds. The Morgan fingerprint density at radius 2 is 2.04 bits per heavy atom. The molecule has 6 heteroatoms. The van der Waals surface area contributed by atoms with E-state index in [0.29, 0.717) is 5.41 Å². The lowest BCUT2D eigenvalue weighted by Crippen LogP contribution is -2.39. The Labute approximate surface area is 157 Å². The van der Waals surface area contributed by atoms with Crippen LogP contribution in [-0.4, -0.2) is 35.4 Å². The second-order valence-corrected chi connectivity index (χ2v) is 6.45. The summed E-state index contributed by atoms with van der Waals surface area (Å²) in [6, 6.07) is 0. The molecule has 2 N–H and O–H groups in total. The predicted molar refractivity (Wildman–Crippen MR) is 108 cm³/mol. The summed E-state index contributed by atoms with van der Waals surface area (Å²) < 4.78 is 1.85. The number of aryl methyl sites for hydroxylation is 1. The van der Waals surface area contributed by atoms with Crippen molar-refractivity contribution in [2.45, 2.75) is 52.4 Å². The number of hydrogen-bond donors (Lipinski definition) is 2. The van der Waals surface area contributed by atoms with Crippen LogP contribution in [-0.2, 0) is 13.5 Å². The SMILES string of the molecule is CCNC(=NCC1(CC)CCCC1)NCCc1cnn(C)c1.I. The van der Waals surface area contributed by atoms with E-state index >= 15 is 0 Å². The molecule has 1 aromatic heterocycles. The van der Waals surface area contributed by atoms with Gasteiger partial charge in [-0.2, -0.15) is 5.10 Å². The maximum absolute atomic E-state index is 4.85. The van der Waals surface area contributed by atoms with Crippen molar-refractivity contribution in [1.82, 2.24) is 20.4 Å². The van der Waals surface area contributed by atoms with E-state index in [0.717, 1.165) is 32.0 Å². The van der Waals surface area contributed by atoms with Crippen LogP contribution in [0.4, 0.5) is 0 Å². The molecule has 1 aliphatic carbocycles. The number of aliphatic imine (C=N–C) groups is 1. The summed E-state index contributed by atoms with van der Waals surface area (Å²) in [4.78, 5) is 4.85. The highest BCUT2D eigenvalue weighted by Gasteiger charge is 2.31. The zero-order valence-electron chi connectivity index (χ0n) is 14.8. The molecule has 1 aliphatic rings. The Morgan fingerprint density at radius 1 is 1.30 bits per heavy atom. The molecule has 1 aromatic rings. The van der Waals surface area contributed by atoms with Crippen molar-refractivity contribution in [1.29, 1.82) is 0 Å². The fourth-order valence-corrected chi connectivity index (χ4v) is 3.26. The topological polar surface area (TPSA) is 54.2 Å². The lowest BCUT2D eigenvalue weighted by atomic mass is 9.84. The van der Waals surface area contributed by atoms with Crippen LogP contribution in [0, 0.1) is 5.41 Å². The van der Waals surface area contributed by atoms with Gasteiger partial charge in [0.1, 0.15) is 0 Å². The first-order chi connectivity index (χ1) is 10.7. The Kier molecular flexibility index (Phi) is 8.94. The molecule has 1 saturated carbocycles. The molecular weight excluding hydrogens is 401 g/mol. The highest BCUT2D eigenvalue weighted by molar-refractivity contribution is 14.0. The molecule has 5 nitrogen and oxygen atoms in total. The summed E-state index contributed by atoms with van der Waals surface area (Å²) in [6.45, 7) is 7.16. The van der Waals surface area contributed by atoms with Crippen LogP contribution < -0.4 is 10.6 Å². The molecule has 2 rings (SSSR count). The minimum absolute atomic E-state index is 0. The molecule has 23 heavy (non-hydrogen) atoms. The fourth-order valence-electron chi connectivity index (χ4n) is 3.26. The van der Waals surface area contributed by atoms with Gasteiger partial charge in [-0.1, -0.05) is 19.8 Å². The average Bonchev–Trinajstić information content (AvgIpc) is 3.15. The second kappa shape index (κ2) is 10.2. The quantitative estimate of drug-likeness (QED) is 0.395. The van der Waals surface area contributed by atoms with Crippen molar-refractivity contribution < 1.29 is 0 Å². The molecule has 0 spiro atoms. The first-order valence-corrected chi connectivity index (χ1v) is 8.67. The minimum atomic E-state index is 0. The van der Waals surface area contributed by atoms with E-state index < -0.39 is 0 Å². The molecule has 0 aromatic carbocycles. The molecule has 0 saturated heterocycles. The Hall–Kier alpha value is -0.790. The maximum atomic E-state index is 4.85. The van der Waals surface area contributed by atoms with Crippen LogP contribution in [0.25, 0.3) is 0 Å². The van der Waals surface area contributed by atoms with Crippen molar-refractivity contribution in [3.63, 3.8) is 0 Å². The molecule has 0 radical (unpaired) electrons. The zero-order valence-corrected chi connectivity index (χ0v) is 17.1. The van der Waals surface area contributed by atoms with Gasteiger partial charge in [0, 0.05) is 32.9 Å². The van der Waals surface area contributed by atoms with Gasteiger partial charge in [-0.15, -0.1) is 24.0 Å². The van der Waals surface area contributed by atoms with Crippen molar-refractivity contribution in [2.75, 3.05) is 19.6 Å². The van der Waals surface area contributed by atoms with Gasteiger partial charge in [0.2, 0.25) is 0 Å². The van der Waals surface area contributed by atoms with Crippen molar-refractivity contribution >= 4 is 29.9 Å². The van der Waals surface area contributed by atoms with Crippen LogP contribution in [0.1, 0.15) is 51.5 Å². The molecule has 1 fully saturated rings. The zero-order chi connectivity index (χ0) is 15.8. The summed E-state index contributed by atoms with van der Waals surface area (Å²) in [5.41, 5.74) is 1.71. The number of nitrogens with zero attached hydrogens (tertiary/aromatic N) is 3. The van der Waals surface area contributed by atoms with Crippen molar-refractivity contribution in [3.05, 3.63) is 18.0 Å². The van der Waals surface area contributed by atoms with Crippen LogP contribution in [0.5, 0.6) is 0 Å². The lowest BCUT2D eigenvalue weighted by Gasteiger charge is -2.25. The highest BCUT2D eigenvalue weighted by Crippen LogP contribution is 2.41. The lowest BCUT2D eigenvalue weighted by molar-refractivity contribution is 0.297. The standard InChI is InChI=1S/C17H31N5.HI/c1-4-17(9-6-7-10-17)14-20-16(18-5-2)19-11-8-15-12-21-22(3)13-15;/h12-13H,4-11,14H2,1-3H3,(H2,18,19,20);1H. The van der Waals surface area contributed by atoms with Crippen LogP contribution in [0.2, 0.25) is 0 Å². The van der Waals surface area contributed by atoms with Gasteiger partial charge in [-0.05, 0) is 43.6 Å². The second-order valence-electron chi connectivity index (χ2n) is 6.45. The molecule has 0 atom stereocenters. The molecule has 132 valence electrons. The van der Waals surface area contributed by atoms with Crippen LogP contribution >= 0.6 is 24.0 Å². The molecular formula is C17H32IN5. The van der Waals surface area contributed by atoms with Gasteiger partial charge in [-0.3, -0.25) is 9.67 Å². The number of guanidine groups is 1. The highest BCUT2D eigenvalue weighted by atomic mass is 127. The Balaban J connectivity index is 0.00000264. The number of hydrogen-bond acceptors (Lipinski definition) is 2. The van der Waals surface area contributed by atoms with E-state index in [-0.39, 0.29) is 24.0 Å². The average molecular weight is 433 g/mol. The normalized spacial score (nSPS) is 16.9. The monoisotopic (exact) mass is 433 g/mol. The van der Waals surface area contributed by atoms with E-state index in [1.165, 1.54) is 37.7 Å². The van der Waals surface area contributed by atoms with Gasteiger partial charge in [0.15, 0.2) is 5.96 Å². The van der Waals surface area contributed by atoms with Gasteiger partial charge < -0.3 is 10.6 Å². The Bertz CT molecular complexity index is 477. The maximum Gasteiger partial charge on any atom is 0.191 e. The summed E-state index contributed by atoms with van der Waals surface area (Å²) >= 11 is 0. The molecule has 0 bridgehead atoms. The fraction of sp³-hybridized carbons (Fsp3) is 0.765. The van der Waals surface area contributed by atoms with Gasteiger partial charge in [-0.25, -0.2) is 0 Å². The van der Waals surface area contributed by atoms with Gasteiger partial charge >= 0.3 is 0 Å². The van der Waals surface area contributed by atoms with Crippen molar-refractivity contribution in [3.8, 4) is 0 Å².